The van der Waals surface area contributed by atoms with Gasteiger partial charge in [-0.15, -0.1) is 0 Å². The number of carbonyl (C=O) groups excluding carboxylic acids is 1. The Morgan fingerprint density at radius 1 is 1.25 bits per heavy atom. The lowest BCUT2D eigenvalue weighted by molar-refractivity contribution is -0.159. The summed E-state index contributed by atoms with van der Waals surface area (Å²) in [4.78, 5) is 29.6. The quantitative estimate of drug-likeness (QED) is 0.460. The van der Waals surface area contributed by atoms with Gasteiger partial charge >= 0.3 is 18.2 Å². The third-order valence-electron chi connectivity index (χ3n) is 3.10. The fourth-order valence-electron chi connectivity index (χ4n) is 2.00. The summed E-state index contributed by atoms with van der Waals surface area (Å²) in [7, 11) is 0. The molecule has 3 atom stereocenters. The van der Waals surface area contributed by atoms with E-state index in [-0.39, 0.29) is 5.57 Å². The molecule has 0 aromatic heterocycles. The Morgan fingerprint density at radius 2 is 1.75 bits per heavy atom. The van der Waals surface area contributed by atoms with E-state index in [1.54, 1.807) is 0 Å². The highest BCUT2D eigenvalue weighted by atomic mass is 16.6. The normalized spacial score (nSPS) is 15.1. The Kier molecular flexibility index (Phi) is 5.93. The van der Waals surface area contributed by atoms with E-state index in [0.717, 1.165) is 0 Å². The fourth-order valence-corrected chi connectivity index (χ4v) is 2.00. The van der Waals surface area contributed by atoms with E-state index in [1.807, 2.05) is 0 Å². The number of carboxylic acids is 1. The number of ether oxygens (including phenoxy) is 1. The van der Waals surface area contributed by atoms with Gasteiger partial charge in [0.1, 0.15) is 0 Å². The van der Waals surface area contributed by atoms with Crippen molar-refractivity contribution in [3.05, 3.63) is 35.0 Å². The number of rotatable bonds is 6. The molecule has 0 spiro atoms. The highest BCUT2D eigenvalue weighted by molar-refractivity contribution is 5.89. The molecule has 3 unspecified atom stereocenters. The van der Waals surface area contributed by atoms with Crippen LogP contribution >= 0.6 is 0 Å². The van der Waals surface area contributed by atoms with E-state index in [2.05, 4.69) is 16.3 Å². The zero-order valence-corrected chi connectivity index (χ0v) is 12.0. The van der Waals surface area contributed by atoms with Gasteiger partial charge in [-0.2, -0.15) is 0 Å². The van der Waals surface area contributed by atoms with Crippen LogP contribution in [0, 0.1) is 24.5 Å². The molecule has 20 heavy (non-hydrogen) atoms. The first-order chi connectivity index (χ1) is 9.09. The molecule has 0 aliphatic heterocycles. The van der Waals surface area contributed by atoms with E-state index in [4.69, 9.17) is 23.0 Å². The van der Waals surface area contributed by atoms with Crippen LogP contribution in [0.3, 0.4) is 0 Å². The number of nitrogens with zero attached hydrogens (tertiary/aromatic N) is 2. The molecule has 0 radical (unpaired) electrons. The van der Waals surface area contributed by atoms with Gasteiger partial charge in [0.15, 0.2) is 0 Å². The Hall–Kier alpha value is -2.34. The van der Waals surface area contributed by atoms with Crippen molar-refractivity contribution in [3.63, 3.8) is 0 Å². The number of carbonyl (C=O) groups is 2. The lowest BCUT2D eigenvalue weighted by Crippen LogP contribution is -2.42. The molecule has 6 nitrogen and oxygen atoms in total. The Bertz CT molecular complexity index is 496. The van der Waals surface area contributed by atoms with Crippen LogP contribution < -0.4 is 0 Å². The van der Waals surface area contributed by atoms with Crippen LogP contribution in [0.25, 0.3) is 9.69 Å². The van der Waals surface area contributed by atoms with E-state index in [0.29, 0.717) is 0 Å². The Morgan fingerprint density at radius 3 is 2.10 bits per heavy atom. The minimum absolute atomic E-state index is 0.217. The molecular weight excluding hydrogens is 260 g/mol. The third-order valence-corrected chi connectivity index (χ3v) is 3.10. The minimum Gasteiger partial charge on any atom is -0.478 e. The maximum Gasteiger partial charge on any atom is 0.365 e. The standard InChI is InChI=1S/C14H18N2O4/c1-8(12(17)18)11(9(2)15-6)14(4,5)13(19)20-10(3)16-7/h9-11H,1H2,2-5H3,(H,17,18). The van der Waals surface area contributed by atoms with Crippen molar-refractivity contribution in [1.82, 2.24) is 0 Å². The largest absolute Gasteiger partial charge is 0.478 e. The zero-order chi connectivity index (χ0) is 16.1. The van der Waals surface area contributed by atoms with Crippen molar-refractivity contribution in [2.24, 2.45) is 11.3 Å². The van der Waals surface area contributed by atoms with Gasteiger partial charge in [0.25, 0.3) is 0 Å². The smallest absolute Gasteiger partial charge is 0.365 e. The van der Waals surface area contributed by atoms with Gasteiger partial charge < -0.3 is 14.7 Å². The molecular formula is C14H18N2O4. The summed E-state index contributed by atoms with van der Waals surface area (Å²) < 4.78 is 4.94. The first kappa shape index (κ1) is 17.7. The topological polar surface area (TPSA) is 72.3 Å². The van der Waals surface area contributed by atoms with E-state index in [9.17, 15) is 9.59 Å². The molecule has 1 N–H and O–H groups in total. The molecule has 0 aromatic rings. The predicted molar refractivity (Wildman–Crippen MR) is 72.3 cm³/mol. The zero-order valence-electron chi connectivity index (χ0n) is 12.0. The Balaban J connectivity index is 5.51. The second kappa shape index (κ2) is 6.72. The minimum atomic E-state index is -1.27. The molecule has 0 saturated carbocycles. The van der Waals surface area contributed by atoms with E-state index >= 15 is 0 Å². The van der Waals surface area contributed by atoms with Crippen LogP contribution in [-0.4, -0.2) is 29.3 Å². The number of hydrogen-bond donors (Lipinski definition) is 1. The summed E-state index contributed by atoms with van der Waals surface area (Å²) in [6, 6.07) is -0.746. The molecule has 0 heterocycles. The molecule has 0 aliphatic rings. The lowest BCUT2D eigenvalue weighted by Gasteiger charge is -2.31. The van der Waals surface area contributed by atoms with Gasteiger partial charge in [-0.25, -0.2) is 17.9 Å². The van der Waals surface area contributed by atoms with Crippen LogP contribution in [0.4, 0.5) is 0 Å². The molecule has 0 amide bonds. The average Bonchev–Trinajstić information content (AvgIpc) is 2.37. The van der Waals surface area contributed by atoms with Gasteiger partial charge in [0.2, 0.25) is 6.04 Å². The second-order valence-corrected chi connectivity index (χ2v) is 5.03. The van der Waals surface area contributed by atoms with Crippen molar-refractivity contribution < 1.29 is 19.4 Å². The summed E-state index contributed by atoms with van der Waals surface area (Å²) in [6.45, 7) is 23.2. The summed E-state index contributed by atoms with van der Waals surface area (Å²) in [5.41, 5.74) is -1.48. The van der Waals surface area contributed by atoms with Gasteiger partial charge in [0, 0.05) is 12.5 Å². The first-order valence-corrected chi connectivity index (χ1v) is 5.95. The molecule has 6 heteroatoms. The molecule has 108 valence electrons. The molecule has 0 rings (SSSR count). The molecule has 0 bridgehead atoms. The second-order valence-electron chi connectivity index (χ2n) is 5.03. The summed E-state index contributed by atoms with van der Waals surface area (Å²) in [5.74, 6) is -2.88. The summed E-state index contributed by atoms with van der Waals surface area (Å²) in [6.07, 6.45) is -0.955. The SMILES string of the molecule is [C-]#[N+]C(C)OC(=O)C(C)(C)C(C(=C)C(=O)O)C(C)[N+]#[C-]. The van der Waals surface area contributed by atoms with Crippen LogP contribution in [0.5, 0.6) is 0 Å². The van der Waals surface area contributed by atoms with Gasteiger partial charge in [0.05, 0.1) is 18.3 Å². The Labute approximate surface area is 118 Å². The first-order valence-electron chi connectivity index (χ1n) is 5.95. The monoisotopic (exact) mass is 278 g/mol. The van der Waals surface area contributed by atoms with Crippen LogP contribution in [0.15, 0.2) is 12.2 Å². The van der Waals surface area contributed by atoms with Gasteiger partial charge in [-0.1, -0.05) is 6.58 Å². The van der Waals surface area contributed by atoms with E-state index in [1.165, 1.54) is 27.7 Å². The van der Waals surface area contributed by atoms with Crippen LogP contribution in [0.1, 0.15) is 27.7 Å². The summed E-state index contributed by atoms with van der Waals surface area (Å²) in [5, 5.41) is 9.07. The van der Waals surface area contributed by atoms with Crippen molar-refractivity contribution in [2.45, 2.75) is 40.0 Å². The van der Waals surface area contributed by atoms with Crippen molar-refractivity contribution >= 4 is 11.9 Å². The average molecular weight is 278 g/mol. The predicted octanol–water partition coefficient (Wildman–Crippen LogP) is 2.39. The molecule has 0 aromatic carbocycles. The number of carboxylic acid groups (broad SMARTS) is 1. The van der Waals surface area contributed by atoms with E-state index < -0.39 is 35.5 Å². The van der Waals surface area contributed by atoms with Crippen LogP contribution in [0.2, 0.25) is 0 Å². The van der Waals surface area contributed by atoms with Gasteiger partial charge in [-0.3, -0.25) is 9.64 Å². The highest BCUT2D eigenvalue weighted by Crippen LogP contribution is 2.37. The molecule has 0 fully saturated rings. The fraction of sp³-hybridized carbons (Fsp3) is 0.571. The number of hydrogen-bond acceptors (Lipinski definition) is 3. The summed E-state index contributed by atoms with van der Waals surface area (Å²) >= 11 is 0. The molecule has 0 aliphatic carbocycles. The van der Waals surface area contributed by atoms with Crippen molar-refractivity contribution in [1.29, 1.82) is 0 Å². The lowest BCUT2D eigenvalue weighted by atomic mass is 9.71. The number of esters is 1. The third kappa shape index (κ3) is 3.83. The van der Waals surface area contributed by atoms with Crippen molar-refractivity contribution in [3.8, 4) is 0 Å². The molecule has 0 saturated heterocycles. The van der Waals surface area contributed by atoms with Crippen LogP contribution in [-0.2, 0) is 14.3 Å². The van der Waals surface area contributed by atoms with Crippen molar-refractivity contribution in [2.75, 3.05) is 0 Å². The number of aliphatic carboxylic acids is 1. The maximum atomic E-state index is 12.1. The maximum absolute atomic E-state index is 12.1. The highest BCUT2D eigenvalue weighted by Gasteiger charge is 2.48. The van der Waals surface area contributed by atoms with Gasteiger partial charge in [-0.05, 0) is 13.8 Å².